The number of hydrogen-bond acceptors (Lipinski definition) is 2. The molecular weight excluding hydrogens is 318 g/mol. The Balaban J connectivity index is 1.65. The average Bonchev–Trinajstić information content (AvgIpc) is 2.82. The number of rotatable bonds is 6. The van der Waals surface area contributed by atoms with Crippen molar-refractivity contribution in [2.24, 2.45) is 7.05 Å². The summed E-state index contributed by atoms with van der Waals surface area (Å²) in [7, 11) is 1.83. The monoisotopic (exact) mass is 335 g/mol. The fraction of sp³-hybridized carbons (Fsp3) is 0.333. The van der Waals surface area contributed by atoms with E-state index in [2.05, 4.69) is 38.5 Å². The number of aromatic nitrogens is 2. The smallest absolute Gasteiger partial charge is 0.224 e. The molecule has 4 nitrogen and oxygen atoms in total. The molecule has 0 unspecified atom stereocenters. The number of anilines is 1. The van der Waals surface area contributed by atoms with Crippen LogP contribution >= 0.6 is 15.9 Å². The molecule has 1 aromatic heterocycles. The minimum atomic E-state index is 0.0498. The molecule has 0 radical (unpaired) electrons. The van der Waals surface area contributed by atoms with Crippen LogP contribution in [0.25, 0.3) is 0 Å². The first-order valence-electron chi connectivity index (χ1n) is 6.66. The van der Waals surface area contributed by atoms with Gasteiger partial charge in [0.2, 0.25) is 5.91 Å². The number of aryl methyl sites for hydroxylation is 2. The van der Waals surface area contributed by atoms with E-state index in [0.29, 0.717) is 6.42 Å². The van der Waals surface area contributed by atoms with Crippen molar-refractivity contribution >= 4 is 27.5 Å². The van der Waals surface area contributed by atoms with Gasteiger partial charge in [0.05, 0.1) is 11.9 Å². The Labute approximate surface area is 127 Å². The van der Waals surface area contributed by atoms with Crippen LogP contribution in [-0.2, 0) is 18.3 Å². The van der Waals surface area contributed by atoms with Gasteiger partial charge in [-0.2, -0.15) is 5.10 Å². The van der Waals surface area contributed by atoms with Crippen molar-refractivity contribution in [1.82, 2.24) is 9.78 Å². The lowest BCUT2D eigenvalue weighted by Gasteiger charge is -2.03. The van der Waals surface area contributed by atoms with E-state index in [1.165, 1.54) is 5.56 Å². The first kappa shape index (κ1) is 14.8. The molecule has 0 bridgehead atoms. The molecule has 0 aliphatic heterocycles. The van der Waals surface area contributed by atoms with Crippen molar-refractivity contribution in [3.05, 3.63) is 46.7 Å². The first-order chi connectivity index (χ1) is 9.63. The highest BCUT2D eigenvalue weighted by Crippen LogP contribution is 2.13. The molecular formula is C15H18BrN3O. The molecule has 106 valence electrons. The molecule has 1 heterocycles. The minimum absolute atomic E-state index is 0.0498. The standard InChI is InChI=1S/C15H18BrN3O/c1-19-11-14(10-17-19)18-15(20)5-3-2-4-12-6-8-13(16)9-7-12/h6-11H,2-5H2,1H3,(H,18,20). The number of unbranched alkanes of at least 4 members (excludes halogenated alkanes) is 1. The van der Waals surface area contributed by atoms with Crippen LogP contribution in [0.15, 0.2) is 41.1 Å². The lowest BCUT2D eigenvalue weighted by atomic mass is 10.1. The first-order valence-corrected chi connectivity index (χ1v) is 7.46. The van der Waals surface area contributed by atoms with Crippen LogP contribution in [0.1, 0.15) is 24.8 Å². The summed E-state index contributed by atoms with van der Waals surface area (Å²) in [5.74, 6) is 0.0498. The third-order valence-electron chi connectivity index (χ3n) is 3.02. The molecule has 1 amide bonds. The third kappa shape index (κ3) is 4.81. The number of nitrogens with one attached hydrogen (secondary N) is 1. The van der Waals surface area contributed by atoms with Crippen molar-refractivity contribution in [2.75, 3.05) is 5.32 Å². The van der Waals surface area contributed by atoms with Gasteiger partial charge in [-0.05, 0) is 37.0 Å². The van der Waals surface area contributed by atoms with E-state index >= 15 is 0 Å². The zero-order valence-electron chi connectivity index (χ0n) is 11.5. The minimum Gasteiger partial charge on any atom is -0.323 e. The second kappa shape index (κ2) is 7.24. The molecule has 0 atom stereocenters. The quantitative estimate of drug-likeness (QED) is 0.821. The van der Waals surface area contributed by atoms with E-state index in [4.69, 9.17) is 0 Å². The summed E-state index contributed by atoms with van der Waals surface area (Å²) in [4.78, 5) is 11.7. The zero-order chi connectivity index (χ0) is 14.4. The third-order valence-corrected chi connectivity index (χ3v) is 3.55. The summed E-state index contributed by atoms with van der Waals surface area (Å²) in [6, 6.07) is 8.31. The molecule has 0 spiro atoms. The van der Waals surface area contributed by atoms with Gasteiger partial charge in [0.25, 0.3) is 0 Å². The number of carbonyl (C=O) groups is 1. The predicted octanol–water partition coefficient (Wildman–Crippen LogP) is 3.53. The number of hydrogen-bond donors (Lipinski definition) is 1. The molecule has 20 heavy (non-hydrogen) atoms. The highest BCUT2D eigenvalue weighted by molar-refractivity contribution is 9.10. The number of nitrogens with zero attached hydrogens (tertiary/aromatic N) is 2. The second-order valence-corrected chi connectivity index (χ2v) is 5.70. The summed E-state index contributed by atoms with van der Waals surface area (Å²) in [6.45, 7) is 0. The Morgan fingerprint density at radius 3 is 2.70 bits per heavy atom. The second-order valence-electron chi connectivity index (χ2n) is 4.78. The van der Waals surface area contributed by atoms with Crippen LogP contribution in [0.2, 0.25) is 0 Å². The summed E-state index contributed by atoms with van der Waals surface area (Å²) in [6.07, 6.45) is 6.91. The van der Waals surface area contributed by atoms with E-state index in [1.807, 2.05) is 19.2 Å². The molecule has 1 N–H and O–H groups in total. The zero-order valence-corrected chi connectivity index (χ0v) is 13.1. The lowest BCUT2D eigenvalue weighted by Crippen LogP contribution is -2.10. The Kier molecular flexibility index (Phi) is 5.35. The van der Waals surface area contributed by atoms with Gasteiger partial charge in [-0.15, -0.1) is 0 Å². The Morgan fingerprint density at radius 1 is 1.30 bits per heavy atom. The van der Waals surface area contributed by atoms with Gasteiger partial charge in [0.15, 0.2) is 0 Å². The molecule has 0 saturated heterocycles. The molecule has 0 saturated carbocycles. The Bertz CT molecular complexity index is 563. The van der Waals surface area contributed by atoms with Gasteiger partial charge in [0.1, 0.15) is 0 Å². The highest BCUT2D eigenvalue weighted by atomic mass is 79.9. The fourth-order valence-corrected chi connectivity index (χ4v) is 2.24. The van der Waals surface area contributed by atoms with Crippen molar-refractivity contribution in [1.29, 1.82) is 0 Å². The van der Waals surface area contributed by atoms with Crippen LogP contribution in [0.4, 0.5) is 5.69 Å². The topological polar surface area (TPSA) is 46.9 Å². The molecule has 0 aliphatic rings. The van der Waals surface area contributed by atoms with Crippen molar-refractivity contribution < 1.29 is 4.79 Å². The Hall–Kier alpha value is -1.62. The van der Waals surface area contributed by atoms with Gasteiger partial charge in [-0.25, -0.2) is 0 Å². The van der Waals surface area contributed by atoms with E-state index in [9.17, 15) is 4.79 Å². The van der Waals surface area contributed by atoms with E-state index in [0.717, 1.165) is 29.4 Å². The summed E-state index contributed by atoms with van der Waals surface area (Å²) >= 11 is 3.42. The van der Waals surface area contributed by atoms with E-state index < -0.39 is 0 Å². The fourth-order valence-electron chi connectivity index (χ4n) is 1.98. The van der Waals surface area contributed by atoms with Crippen LogP contribution in [0.5, 0.6) is 0 Å². The lowest BCUT2D eigenvalue weighted by molar-refractivity contribution is -0.116. The summed E-state index contributed by atoms with van der Waals surface area (Å²) in [5, 5.41) is 6.85. The van der Waals surface area contributed by atoms with Gasteiger partial charge >= 0.3 is 0 Å². The predicted molar refractivity (Wildman–Crippen MR) is 83.5 cm³/mol. The van der Waals surface area contributed by atoms with Crippen molar-refractivity contribution in [3.8, 4) is 0 Å². The van der Waals surface area contributed by atoms with Crippen LogP contribution in [-0.4, -0.2) is 15.7 Å². The SMILES string of the molecule is Cn1cc(NC(=O)CCCCc2ccc(Br)cc2)cn1. The van der Waals surface area contributed by atoms with Crippen LogP contribution < -0.4 is 5.32 Å². The van der Waals surface area contributed by atoms with Gasteiger partial charge in [0, 0.05) is 24.1 Å². The summed E-state index contributed by atoms with van der Waals surface area (Å²) in [5.41, 5.74) is 2.06. The van der Waals surface area contributed by atoms with E-state index in [1.54, 1.807) is 17.1 Å². The van der Waals surface area contributed by atoms with Crippen molar-refractivity contribution in [3.63, 3.8) is 0 Å². The molecule has 2 aromatic rings. The molecule has 2 rings (SSSR count). The van der Waals surface area contributed by atoms with Crippen LogP contribution in [0.3, 0.4) is 0 Å². The van der Waals surface area contributed by atoms with E-state index in [-0.39, 0.29) is 5.91 Å². The largest absolute Gasteiger partial charge is 0.323 e. The summed E-state index contributed by atoms with van der Waals surface area (Å²) < 4.78 is 2.76. The number of carbonyl (C=O) groups excluding carboxylic acids is 1. The van der Waals surface area contributed by atoms with Gasteiger partial charge in [-0.3, -0.25) is 9.48 Å². The Morgan fingerprint density at radius 2 is 2.05 bits per heavy atom. The maximum atomic E-state index is 11.7. The molecule has 0 aliphatic carbocycles. The number of amides is 1. The maximum absolute atomic E-state index is 11.7. The molecule has 0 fully saturated rings. The van der Waals surface area contributed by atoms with Crippen LogP contribution in [0, 0.1) is 0 Å². The highest BCUT2D eigenvalue weighted by Gasteiger charge is 2.03. The van der Waals surface area contributed by atoms with Crippen molar-refractivity contribution in [2.45, 2.75) is 25.7 Å². The van der Waals surface area contributed by atoms with Gasteiger partial charge in [-0.1, -0.05) is 28.1 Å². The number of benzene rings is 1. The maximum Gasteiger partial charge on any atom is 0.224 e. The molecule has 1 aromatic carbocycles. The van der Waals surface area contributed by atoms with Gasteiger partial charge < -0.3 is 5.32 Å². The molecule has 5 heteroatoms. The average molecular weight is 336 g/mol. The number of halogens is 1. The normalized spacial score (nSPS) is 10.5.